The lowest BCUT2D eigenvalue weighted by Crippen LogP contribution is -2.51. The van der Waals surface area contributed by atoms with Crippen molar-refractivity contribution >= 4 is 34.8 Å². The van der Waals surface area contributed by atoms with E-state index in [-0.39, 0.29) is 23.1 Å². The monoisotopic (exact) mass is 484 g/mol. The molecule has 2 aliphatic rings. The molecule has 2 heterocycles. The third kappa shape index (κ3) is 6.09. The molecule has 0 N–H and O–H groups in total. The van der Waals surface area contributed by atoms with E-state index >= 15 is 0 Å². The highest BCUT2D eigenvalue weighted by Crippen LogP contribution is 2.37. The van der Waals surface area contributed by atoms with E-state index in [0.29, 0.717) is 34.8 Å². The van der Waals surface area contributed by atoms with Crippen LogP contribution < -0.4 is 4.90 Å². The van der Waals surface area contributed by atoms with Crippen molar-refractivity contribution in [1.29, 1.82) is 0 Å². The third-order valence-electron chi connectivity index (χ3n) is 6.32. The summed E-state index contributed by atoms with van der Waals surface area (Å²) >= 11 is 1.22. The lowest BCUT2D eigenvalue weighted by molar-refractivity contribution is -0.133. The first kappa shape index (κ1) is 26.0. The van der Waals surface area contributed by atoms with Crippen LogP contribution in [0.1, 0.15) is 80.8 Å². The van der Waals surface area contributed by atoms with Crippen molar-refractivity contribution < 1.29 is 19.1 Å². The van der Waals surface area contributed by atoms with Crippen LogP contribution in [0.15, 0.2) is 17.7 Å². The standard InChI is InChI=1S/C27H36N2O4S/c1-18-10-12-19(13-11-18)24(30)29(21-9-7-8-16-28(5)25(21)31)22-17-20(14-15-27(2,3)4)34-23(22)26(32)33-6/h10,17,19,21H,7-9,11-13,16H2,1-6H3/t19-,21+/m1/s1. The zero-order chi connectivity index (χ0) is 25.0. The van der Waals surface area contributed by atoms with E-state index in [1.807, 2.05) is 20.8 Å². The molecule has 0 unspecified atom stereocenters. The molecule has 0 aromatic carbocycles. The fraction of sp³-hybridized carbons (Fsp3) is 0.593. The third-order valence-corrected chi connectivity index (χ3v) is 7.34. The number of anilines is 1. The molecule has 1 aromatic heterocycles. The van der Waals surface area contributed by atoms with E-state index in [2.05, 4.69) is 24.8 Å². The van der Waals surface area contributed by atoms with Crippen LogP contribution in [-0.4, -0.2) is 49.4 Å². The van der Waals surface area contributed by atoms with Crippen molar-refractivity contribution in [3.8, 4) is 11.8 Å². The average Bonchev–Trinajstić information content (AvgIpc) is 3.14. The van der Waals surface area contributed by atoms with Gasteiger partial charge in [-0.25, -0.2) is 4.79 Å². The van der Waals surface area contributed by atoms with Crippen molar-refractivity contribution in [2.75, 3.05) is 25.6 Å². The van der Waals surface area contributed by atoms with Gasteiger partial charge < -0.3 is 9.64 Å². The SMILES string of the molecule is COC(=O)c1sc(C#CC(C)(C)C)cc1N(C(=O)[C@@H]1CC=C(C)CC1)[C@H]1CCCCN(C)C1=O. The summed E-state index contributed by atoms with van der Waals surface area (Å²) < 4.78 is 5.07. The summed E-state index contributed by atoms with van der Waals surface area (Å²) in [7, 11) is 3.11. The summed E-state index contributed by atoms with van der Waals surface area (Å²) in [6.45, 7) is 8.80. The van der Waals surface area contributed by atoms with Gasteiger partial charge in [-0.15, -0.1) is 11.3 Å². The van der Waals surface area contributed by atoms with Crippen LogP contribution in [0.4, 0.5) is 5.69 Å². The number of ether oxygens (including phenoxy) is 1. The Hall–Kier alpha value is -2.59. The molecular weight excluding hydrogens is 448 g/mol. The van der Waals surface area contributed by atoms with Crippen molar-refractivity contribution in [3.05, 3.63) is 27.5 Å². The summed E-state index contributed by atoms with van der Waals surface area (Å²) in [5.41, 5.74) is 1.52. The first-order valence-electron chi connectivity index (χ1n) is 12.0. The van der Waals surface area contributed by atoms with E-state index in [0.717, 1.165) is 25.7 Å². The van der Waals surface area contributed by atoms with Crippen LogP contribution in [0.2, 0.25) is 0 Å². The molecule has 2 amide bonds. The maximum absolute atomic E-state index is 14.0. The lowest BCUT2D eigenvalue weighted by atomic mass is 9.88. The molecule has 0 radical (unpaired) electrons. The minimum absolute atomic E-state index is 0.0854. The number of hydrogen-bond donors (Lipinski definition) is 0. The van der Waals surface area contributed by atoms with Crippen LogP contribution in [0.25, 0.3) is 0 Å². The minimum Gasteiger partial charge on any atom is -0.465 e. The molecule has 1 aromatic rings. The molecule has 0 spiro atoms. The number of carbonyl (C=O) groups excluding carboxylic acids is 3. The number of thiophene rings is 1. The van der Waals surface area contributed by atoms with E-state index in [1.54, 1.807) is 22.9 Å². The number of rotatable bonds is 4. The largest absolute Gasteiger partial charge is 0.465 e. The van der Waals surface area contributed by atoms with Crippen LogP contribution in [0.3, 0.4) is 0 Å². The second-order valence-corrected chi connectivity index (χ2v) is 11.4. The number of allylic oxidation sites excluding steroid dienone is 2. The highest BCUT2D eigenvalue weighted by atomic mass is 32.1. The summed E-state index contributed by atoms with van der Waals surface area (Å²) in [6.07, 6.45) is 6.65. The maximum atomic E-state index is 14.0. The minimum atomic E-state index is -0.645. The number of amides is 2. The van der Waals surface area contributed by atoms with Crippen molar-refractivity contribution in [2.24, 2.45) is 11.3 Å². The van der Waals surface area contributed by atoms with E-state index in [9.17, 15) is 14.4 Å². The zero-order valence-corrected chi connectivity index (χ0v) is 22.0. The summed E-state index contributed by atoms with van der Waals surface area (Å²) in [5.74, 6) is 5.43. The highest BCUT2D eigenvalue weighted by molar-refractivity contribution is 7.15. The van der Waals surface area contributed by atoms with Crippen LogP contribution >= 0.6 is 11.3 Å². The van der Waals surface area contributed by atoms with Gasteiger partial charge in [-0.2, -0.15) is 0 Å². The summed E-state index contributed by atoms with van der Waals surface area (Å²) in [5, 5.41) is 0. The lowest BCUT2D eigenvalue weighted by Gasteiger charge is -2.35. The molecule has 7 heteroatoms. The zero-order valence-electron chi connectivity index (χ0n) is 21.2. The molecule has 1 aliphatic heterocycles. The second-order valence-electron chi connectivity index (χ2n) is 10.3. The van der Waals surface area contributed by atoms with Crippen molar-refractivity contribution in [3.63, 3.8) is 0 Å². The maximum Gasteiger partial charge on any atom is 0.350 e. The number of methoxy groups -OCH3 is 1. The summed E-state index contributed by atoms with van der Waals surface area (Å²) in [6, 6.07) is 1.14. The Bertz CT molecular complexity index is 1040. The normalized spacial score (nSPS) is 21.2. The van der Waals surface area contributed by atoms with Gasteiger partial charge in [0.15, 0.2) is 0 Å². The summed E-state index contributed by atoms with van der Waals surface area (Å²) in [4.78, 5) is 44.5. The average molecular weight is 485 g/mol. The second kappa shape index (κ2) is 10.8. The number of likely N-dealkylation sites (N-methyl/N-ethyl adjacent to an activating group) is 1. The van der Waals surface area contributed by atoms with Crippen LogP contribution in [-0.2, 0) is 14.3 Å². The topological polar surface area (TPSA) is 66.9 Å². The Morgan fingerprint density at radius 1 is 1.24 bits per heavy atom. The van der Waals surface area contributed by atoms with E-state index in [4.69, 9.17) is 4.74 Å². The molecule has 1 fully saturated rings. The molecule has 0 saturated carbocycles. The van der Waals surface area contributed by atoms with Gasteiger partial charge in [-0.1, -0.05) is 23.5 Å². The predicted octanol–water partition coefficient (Wildman–Crippen LogP) is 5.02. The first-order valence-corrected chi connectivity index (χ1v) is 12.8. The number of nitrogens with zero attached hydrogens (tertiary/aromatic N) is 2. The quantitative estimate of drug-likeness (QED) is 0.342. The molecule has 34 heavy (non-hydrogen) atoms. The molecule has 1 saturated heterocycles. The van der Waals surface area contributed by atoms with Gasteiger partial charge in [0, 0.05) is 24.9 Å². The van der Waals surface area contributed by atoms with E-state index in [1.165, 1.54) is 24.0 Å². The Morgan fingerprint density at radius 2 is 1.97 bits per heavy atom. The Labute approximate surface area is 207 Å². The van der Waals surface area contributed by atoms with Crippen molar-refractivity contribution in [2.45, 2.75) is 72.3 Å². The van der Waals surface area contributed by atoms with Crippen LogP contribution in [0, 0.1) is 23.2 Å². The predicted molar refractivity (Wildman–Crippen MR) is 136 cm³/mol. The van der Waals surface area contributed by atoms with E-state index < -0.39 is 12.0 Å². The fourth-order valence-corrected chi connectivity index (χ4v) is 5.27. The Balaban J connectivity index is 2.13. The molecular formula is C27H36N2O4S. The number of esters is 1. The smallest absolute Gasteiger partial charge is 0.350 e. The Kier molecular flexibility index (Phi) is 8.25. The van der Waals surface area contributed by atoms with Gasteiger partial charge in [-0.05, 0) is 72.3 Å². The molecule has 1 aliphatic carbocycles. The molecule has 0 bridgehead atoms. The van der Waals surface area contributed by atoms with Gasteiger partial charge in [-0.3, -0.25) is 14.5 Å². The van der Waals surface area contributed by atoms with Gasteiger partial charge in [0.25, 0.3) is 0 Å². The first-order chi connectivity index (χ1) is 16.0. The van der Waals surface area contributed by atoms with Crippen molar-refractivity contribution in [1.82, 2.24) is 4.90 Å². The Morgan fingerprint density at radius 3 is 2.59 bits per heavy atom. The van der Waals surface area contributed by atoms with Gasteiger partial charge in [0.2, 0.25) is 11.8 Å². The molecule has 3 rings (SSSR count). The fourth-order valence-electron chi connectivity index (χ4n) is 4.35. The number of carbonyl (C=O) groups is 3. The molecule has 6 nitrogen and oxygen atoms in total. The number of hydrogen-bond acceptors (Lipinski definition) is 5. The van der Waals surface area contributed by atoms with Gasteiger partial charge in [0.1, 0.15) is 10.9 Å². The van der Waals surface area contributed by atoms with Gasteiger partial charge >= 0.3 is 5.97 Å². The van der Waals surface area contributed by atoms with Gasteiger partial charge in [0.05, 0.1) is 17.7 Å². The van der Waals surface area contributed by atoms with Crippen LogP contribution in [0.5, 0.6) is 0 Å². The molecule has 2 atom stereocenters. The number of likely N-dealkylation sites (tertiary alicyclic amines) is 1. The molecule has 184 valence electrons. The highest BCUT2D eigenvalue weighted by Gasteiger charge is 2.39.